The van der Waals surface area contributed by atoms with Gasteiger partial charge in [0.2, 0.25) is 5.88 Å². The number of hydrogen-bond acceptors (Lipinski definition) is 3. The zero-order chi connectivity index (χ0) is 6.53. The van der Waals surface area contributed by atoms with Gasteiger partial charge in [-0.3, -0.25) is 4.84 Å². The van der Waals surface area contributed by atoms with Crippen LogP contribution in [0.15, 0.2) is 22.8 Å². The van der Waals surface area contributed by atoms with Crippen molar-refractivity contribution in [3.05, 3.63) is 18.4 Å². The average Bonchev–Trinajstić information content (AvgIpc) is 2.34. The summed E-state index contributed by atoms with van der Waals surface area (Å²) >= 11 is 0. The van der Waals surface area contributed by atoms with Crippen LogP contribution in [0.5, 0.6) is 0 Å². The fourth-order valence-corrected chi connectivity index (χ4v) is 0.480. The van der Waals surface area contributed by atoms with Gasteiger partial charge in [0.05, 0.1) is 12.9 Å². The summed E-state index contributed by atoms with van der Waals surface area (Å²) in [7, 11) is 0. The Morgan fingerprint density at radius 3 is 3.22 bits per heavy atom. The third-order valence-electron chi connectivity index (χ3n) is 0.838. The Morgan fingerprint density at radius 2 is 2.67 bits per heavy atom. The second-order valence-corrected chi connectivity index (χ2v) is 1.51. The lowest BCUT2D eigenvalue weighted by Crippen LogP contribution is -1.97. The zero-order valence-corrected chi connectivity index (χ0v) is 5.26. The molecule has 0 aliphatic carbocycles. The summed E-state index contributed by atoms with van der Waals surface area (Å²) < 4.78 is 4.90. The topological polar surface area (TPSA) is 34.4 Å². The zero-order valence-electron chi connectivity index (χ0n) is 5.26. The molecule has 0 saturated carbocycles. The van der Waals surface area contributed by atoms with Crippen LogP contribution < -0.4 is 5.48 Å². The van der Waals surface area contributed by atoms with E-state index in [1.807, 2.05) is 6.92 Å². The fraction of sp³-hybridized carbons (Fsp3) is 0.333. The van der Waals surface area contributed by atoms with Crippen molar-refractivity contribution in [2.45, 2.75) is 6.92 Å². The molecule has 0 bridgehead atoms. The number of anilines is 1. The highest BCUT2D eigenvalue weighted by molar-refractivity contribution is 5.25. The van der Waals surface area contributed by atoms with E-state index in [0.717, 1.165) is 0 Å². The number of nitrogens with one attached hydrogen (secondary N) is 1. The smallest absolute Gasteiger partial charge is 0.216 e. The minimum absolute atomic E-state index is 0.626. The molecule has 0 radical (unpaired) electrons. The second-order valence-electron chi connectivity index (χ2n) is 1.51. The lowest BCUT2D eigenvalue weighted by atomic mass is 10.6. The van der Waals surface area contributed by atoms with Crippen molar-refractivity contribution in [1.82, 2.24) is 0 Å². The lowest BCUT2D eigenvalue weighted by molar-refractivity contribution is 0.201. The standard InChI is InChI=1S/C6H9NO2/c1-2-9-7-6-4-3-5-8-6/h3-5,7H,2H2,1H3. The summed E-state index contributed by atoms with van der Waals surface area (Å²) in [4.78, 5) is 4.83. The molecular weight excluding hydrogens is 118 g/mol. The fourth-order valence-electron chi connectivity index (χ4n) is 0.480. The van der Waals surface area contributed by atoms with Crippen LogP contribution >= 0.6 is 0 Å². The molecule has 0 spiro atoms. The van der Waals surface area contributed by atoms with Crippen LogP contribution in [0.3, 0.4) is 0 Å². The molecule has 0 fully saturated rings. The van der Waals surface area contributed by atoms with E-state index in [1.54, 1.807) is 18.4 Å². The summed E-state index contributed by atoms with van der Waals surface area (Å²) in [5.41, 5.74) is 2.61. The Kier molecular flexibility index (Phi) is 2.15. The molecule has 50 valence electrons. The predicted octanol–water partition coefficient (Wildman–Crippen LogP) is 1.64. The quantitative estimate of drug-likeness (QED) is 0.627. The van der Waals surface area contributed by atoms with Gasteiger partial charge in [-0.2, -0.15) is 0 Å². The van der Waals surface area contributed by atoms with Gasteiger partial charge in [-0.05, 0) is 13.0 Å². The molecule has 0 saturated heterocycles. The van der Waals surface area contributed by atoms with E-state index in [9.17, 15) is 0 Å². The molecule has 0 aliphatic heterocycles. The number of rotatable bonds is 3. The van der Waals surface area contributed by atoms with Crippen LogP contribution in [0.1, 0.15) is 6.92 Å². The van der Waals surface area contributed by atoms with Gasteiger partial charge in [0.1, 0.15) is 0 Å². The SMILES string of the molecule is CCONc1ccco1. The van der Waals surface area contributed by atoms with E-state index in [2.05, 4.69) is 5.48 Å². The minimum Gasteiger partial charge on any atom is -0.447 e. The van der Waals surface area contributed by atoms with Gasteiger partial charge in [-0.15, -0.1) is 0 Å². The van der Waals surface area contributed by atoms with E-state index < -0.39 is 0 Å². The van der Waals surface area contributed by atoms with Crippen LogP contribution in [-0.4, -0.2) is 6.61 Å². The molecule has 0 amide bonds. The van der Waals surface area contributed by atoms with Crippen LogP contribution in [-0.2, 0) is 4.84 Å². The molecule has 1 aromatic rings. The maximum absolute atomic E-state index is 4.90. The lowest BCUT2D eigenvalue weighted by Gasteiger charge is -1.97. The third-order valence-corrected chi connectivity index (χ3v) is 0.838. The normalized spacial score (nSPS) is 9.44. The molecule has 1 heterocycles. The van der Waals surface area contributed by atoms with Crippen molar-refractivity contribution < 1.29 is 9.25 Å². The first-order valence-electron chi connectivity index (χ1n) is 2.85. The molecule has 1 N–H and O–H groups in total. The van der Waals surface area contributed by atoms with E-state index >= 15 is 0 Å². The van der Waals surface area contributed by atoms with E-state index in [1.165, 1.54) is 0 Å². The van der Waals surface area contributed by atoms with E-state index in [4.69, 9.17) is 9.25 Å². The summed E-state index contributed by atoms with van der Waals surface area (Å²) in [6.07, 6.45) is 1.58. The molecule has 0 aromatic carbocycles. The van der Waals surface area contributed by atoms with Crippen molar-refractivity contribution in [2.24, 2.45) is 0 Å². The van der Waals surface area contributed by atoms with Crippen LogP contribution in [0, 0.1) is 0 Å². The van der Waals surface area contributed by atoms with Gasteiger partial charge in [-0.25, -0.2) is 5.48 Å². The Hall–Kier alpha value is -0.960. The van der Waals surface area contributed by atoms with Crippen molar-refractivity contribution in [1.29, 1.82) is 0 Å². The largest absolute Gasteiger partial charge is 0.447 e. The molecule has 0 atom stereocenters. The Balaban J connectivity index is 2.30. The Bertz CT molecular complexity index is 148. The minimum atomic E-state index is 0.626. The molecule has 3 heteroatoms. The summed E-state index contributed by atoms with van der Waals surface area (Å²) in [5, 5.41) is 0. The molecule has 0 aliphatic rings. The maximum atomic E-state index is 4.90. The molecule has 1 aromatic heterocycles. The average molecular weight is 127 g/mol. The van der Waals surface area contributed by atoms with Crippen molar-refractivity contribution in [2.75, 3.05) is 12.1 Å². The van der Waals surface area contributed by atoms with Crippen LogP contribution in [0.25, 0.3) is 0 Å². The van der Waals surface area contributed by atoms with Crippen molar-refractivity contribution >= 4 is 5.88 Å². The maximum Gasteiger partial charge on any atom is 0.216 e. The summed E-state index contributed by atoms with van der Waals surface area (Å²) in [6.45, 7) is 2.52. The second kappa shape index (κ2) is 3.14. The first kappa shape index (κ1) is 6.16. The van der Waals surface area contributed by atoms with Crippen molar-refractivity contribution in [3.63, 3.8) is 0 Å². The van der Waals surface area contributed by atoms with Crippen LogP contribution in [0.2, 0.25) is 0 Å². The van der Waals surface area contributed by atoms with Crippen molar-refractivity contribution in [3.8, 4) is 0 Å². The predicted molar refractivity (Wildman–Crippen MR) is 34.0 cm³/mol. The first-order valence-corrected chi connectivity index (χ1v) is 2.85. The van der Waals surface area contributed by atoms with E-state index in [0.29, 0.717) is 12.5 Å². The van der Waals surface area contributed by atoms with Gasteiger partial charge in [-0.1, -0.05) is 0 Å². The van der Waals surface area contributed by atoms with Crippen LogP contribution in [0.4, 0.5) is 5.88 Å². The van der Waals surface area contributed by atoms with E-state index in [-0.39, 0.29) is 0 Å². The van der Waals surface area contributed by atoms with Gasteiger partial charge in [0.15, 0.2) is 0 Å². The monoisotopic (exact) mass is 127 g/mol. The van der Waals surface area contributed by atoms with Gasteiger partial charge in [0.25, 0.3) is 0 Å². The highest BCUT2D eigenvalue weighted by Gasteiger charge is 1.88. The molecule has 3 nitrogen and oxygen atoms in total. The Morgan fingerprint density at radius 1 is 1.78 bits per heavy atom. The molecular formula is C6H9NO2. The van der Waals surface area contributed by atoms with Gasteiger partial charge in [0, 0.05) is 6.07 Å². The highest BCUT2D eigenvalue weighted by atomic mass is 16.7. The molecule has 1 rings (SSSR count). The third kappa shape index (κ3) is 1.77. The Labute approximate surface area is 53.6 Å². The number of hydrogen-bond donors (Lipinski definition) is 1. The summed E-state index contributed by atoms with van der Waals surface area (Å²) in [5.74, 6) is 0.636. The first-order chi connectivity index (χ1) is 4.43. The number of furan rings is 1. The molecule has 9 heavy (non-hydrogen) atoms. The molecule has 0 unspecified atom stereocenters. The van der Waals surface area contributed by atoms with Gasteiger partial charge >= 0.3 is 0 Å². The van der Waals surface area contributed by atoms with Gasteiger partial charge < -0.3 is 4.42 Å². The highest BCUT2D eigenvalue weighted by Crippen LogP contribution is 2.05. The summed E-state index contributed by atoms with van der Waals surface area (Å²) in [6, 6.07) is 3.58.